The second kappa shape index (κ2) is 6.06. The van der Waals surface area contributed by atoms with Crippen molar-refractivity contribution in [2.45, 2.75) is 12.6 Å². The van der Waals surface area contributed by atoms with Crippen molar-refractivity contribution in [2.24, 2.45) is 0 Å². The van der Waals surface area contributed by atoms with E-state index in [0.29, 0.717) is 36.1 Å². The van der Waals surface area contributed by atoms with Gasteiger partial charge < -0.3 is 10.0 Å². The van der Waals surface area contributed by atoms with Gasteiger partial charge in [0.1, 0.15) is 4.88 Å². The monoisotopic (exact) mass is 295 g/mol. The molecule has 0 spiro atoms. The summed E-state index contributed by atoms with van der Waals surface area (Å²) in [4.78, 5) is 7.22. The third-order valence-corrected chi connectivity index (χ3v) is 4.15. The zero-order chi connectivity index (χ0) is 13.9. The number of halogens is 3. The van der Waals surface area contributed by atoms with E-state index in [-0.39, 0.29) is 6.61 Å². The highest BCUT2D eigenvalue weighted by Crippen LogP contribution is 2.36. The fourth-order valence-electron chi connectivity index (χ4n) is 2.07. The Labute approximate surface area is 113 Å². The number of aliphatic hydroxyl groups excluding tert-OH is 1. The summed E-state index contributed by atoms with van der Waals surface area (Å²) in [6.07, 6.45) is -2.55. The normalized spacial score (nSPS) is 18.6. The second-order valence-electron chi connectivity index (χ2n) is 4.41. The summed E-state index contributed by atoms with van der Waals surface area (Å²) in [6.45, 7) is 3.66. The van der Waals surface area contributed by atoms with Crippen LogP contribution in [-0.4, -0.2) is 54.3 Å². The predicted octanol–water partition coefficient (Wildman–Crippen LogP) is 1.67. The lowest BCUT2D eigenvalue weighted by atomic mass is 10.4. The van der Waals surface area contributed by atoms with E-state index in [9.17, 15) is 13.2 Å². The Morgan fingerprint density at radius 1 is 1.26 bits per heavy atom. The lowest BCUT2D eigenvalue weighted by Crippen LogP contribution is -2.32. The van der Waals surface area contributed by atoms with E-state index in [2.05, 4.69) is 9.88 Å². The van der Waals surface area contributed by atoms with Crippen LogP contribution < -0.4 is 4.90 Å². The summed E-state index contributed by atoms with van der Waals surface area (Å²) in [5.41, 5.74) is 0. The van der Waals surface area contributed by atoms with Gasteiger partial charge in [-0.15, -0.1) is 0 Å². The summed E-state index contributed by atoms with van der Waals surface area (Å²) >= 11 is 0.692. The number of thiazole rings is 1. The molecule has 0 atom stereocenters. The van der Waals surface area contributed by atoms with Gasteiger partial charge in [0.05, 0.1) is 12.8 Å². The van der Waals surface area contributed by atoms with Crippen molar-refractivity contribution in [3.8, 4) is 0 Å². The van der Waals surface area contributed by atoms with Gasteiger partial charge in [0.2, 0.25) is 0 Å². The van der Waals surface area contributed by atoms with E-state index >= 15 is 0 Å². The average Bonchev–Trinajstić information content (AvgIpc) is 2.72. The molecule has 1 saturated heterocycles. The number of aromatic nitrogens is 1. The maximum atomic E-state index is 12.5. The van der Waals surface area contributed by atoms with Gasteiger partial charge in [-0.2, -0.15) is 13.2 Å². The van der Waals surface area contributed by atoms with Gasteiger partial charge in [0.25, 0.3) is 0 Å². The number of alkyl halides is 3. The molecule has 4 nitrogen and oxygen atoms in total. The van der Waals surface area contributed by atoms with Crippen LogP contribution in [0.2, 0.25) is 0 Å². The molecule has 8 heteroatoms. The maximum absolute atomic E-state index is 12.5. The van der Waals surface area contributed by atoms with Crippen LogP contribution in [0.1, 0.15) is 11.3 Å². The van der Waals surface area contributed by atoms with Gasteiger partial charge >= 0.3 is 6.18 Å². The third kappa shape index (κ3) is 3.80. The van der Waals surface area contributed by atoms with Crippen LogP contribution in [0.5, 0.6) is 0 Å². The van der Waals surface area contributed by atoms with Gasteiger partial charge in [-0.05, 0) is 13.0 Å². The quantitative estimate of drug-likeness (QED) is 0.921. The molecule has 0 unspecified atom stereocenters. The number of hydrogen-bond donors (Lipinski definition) is 1. The van der Waals surface area contributed by atoms with Crippen molar-refractivity contribution in [1.29, 1.82) is 0 Å². The third-order valence-electron chi connectivity index (χ3n) is 3.05. The summed E-state index contributed by atoms with van der Waals surface area (Å²) in [5.74, 6) is 0. The molecule has 1 aromatic heterocycles. The van der Waals surface area contributed by atoms with Crippen LogP contribution in [0.3, 0.4) is 0 Å². The van der Waals surface area contributed by atoms with Gasteiger partial charge in [0, 0.05) is 26.2 Å². The molecule has 0 radical (unpaired) electrons. The summed E-state index contributed by atoms with van der Waals surface area (Å²) in [7, 11) is 0. The number of rotatable bonds is 3. The van der Waals surface area contributed by atoms with Crippen LogP contribution in [0, 0.1) is 0 Å². The van der Waals surface area contributed by atoms with Crippen LogP contribution in [0.25, 0.3) is 0 Å². The van der Waals surface area contributed by atoms with Crippen molar-refractivity contribution < 1.29 is 18.3 Å². The standard InChI is InChI=1S/C11H16F3N3OS/c12-11(13,14)9-8-15-10(19-9)17-3-1-2-16(4-5-17)6-7-18/h8,18H,1-7H2. The molecule has 108 valence electrons. The summed E-state index contributed by atoms with van der Waals surface area (Å²) in [5, 5.41) is 9.32. The molecule has 1 fully saturated rings. The van der Waals surface area contributed by atoms with E-state index in [0.717, 1.165) is 25.7 Å². The molecule has 19 heavy (non-hydrogen) atoms. The Balaban J connectivity index is 2.00. The molecule has 1 N–H and O–H groups in total. The molecular formula is C11H16F3N3OS. The first kappa shape index (κ1) is 14.5. The maximum Gasteiger partial charge on any atom is 0.427 e. The van der Waals surface area contributed by atoms with E-state index in [1.807, 2.05) is 4.90 Å². The molecule has 2 heterocycles. The smallest absolute Gasteiger partial charge is 0.395 e. The topological polar surface area (TPSA) is 39.6 Å². The minimum Gasteiger partial charge on any atom is -0.395 e. The molecular weight excluding hydrogens is 279 g/mol. The van der Waals surface area contributed by atoms with Gasteiger partial charge in [-0.1, -0.05) is 11.3 Å². The summed E-state index contributed by atoms with van der Waals surface area (Å²) in [6, 6.07) is 0. The Hall–Kier alpha value is -0.860. The predicted molar refractivity (Wildman–Crippen MR) is 67.5 cm³/mol. The van der Waals surface area contributed by atoms with E-state index in [1.54, 1.807) is 0 Å². The van der Waals surface area contributed by atoms with Crippen molar-refractivity contribution >= 4 is 16.5 Å². The second-order valence-corrected chi connectivity index (χ2v) is 5.42. The Morgan fingerprint density at radius 2 is 2.05 bits per heavy atom. The molecule has 0 bridgehead atoms. The van der Waals surface area contributed by atoms with Gasteiger partial charge in [0.15, 0.2) is 5.13 Å². The van der Waals surface area contributed by atoms with Crippen LogP contribution >= 0.6 is 11.3 Å². The average molecular weight is 295 g/mol. The molecule has 0 saturated carbocycles. The van der Waals surface area contributed by atoms with Gasteiger partial charge in [-0.3, -0.25) is 4.90 Å². The fourth-order valence-corrected chi connectivity index (χ4v) is 2.90. The van der Waals surface area contributed by atoms with E-state index in [4.69, 9.17) is 5.11 Å². The number of hydrogen-bond acceptors (Lipinski definition) is 5. The van der Waals surface area contributed by atoms with Crippen molar-refractivity contribution in [2.75, 3.05) is 44.2 Å². The van der Waals surface area contributed by atoms with Crippen LogP contribution in [-0.2, 0) is 6.18 Å². The summed E-state index contributed by atoms with van der Waals surface area (Å²) < 4.78 is 37.6. The largest absolute Gasteiger partial charge is 0.427 e. The lowest BCUT2D eigenvalue weighted by molar-refractivity contribution is -0.134. The number of nitrogens with zero attached hydrogens (tertiary/aromatic N) is 3. The SMILES string of the molecule is OCCN1CCCN(c2ncc(C(F)(F)F)s2)CC1. The zero-order valence-corrected chi connectivity index (χ0v) is 11.2. The van der Waals surface area contributed by atoms with Crippen molar-refractivity contribution in [1.82, 2.24) is 9.88 Å². The minimum atomic E-state index is -4.31. The first-order valence-corrected chi connectivity index (χ1v) is 6.93. The minimum absolute atomic E-state index is 0.107. The molecule has 1 aliphatic heterocycles. The number of β-amino-alcohol motifs (C(OH)–C–C–N with tert-alkyl or cyclic N) is 1. The highest BCUT2D eigenvalue weighted by atomic mass is 32.1. The molecule has 0 amide bonds. The number of aliphatic hydroxyl groups is 1. The Morgan fingerprint density at radius 3 is 2.68 bits per heavy atom. The first-order valence-electron chi connectivity index (χ1n) is 6.12. The van der Waals surface area contributed by atoms with E-state index < -0.39 is 11.1 Å². The number of anilines is 1. The van der Waals surface area contributed by atoms with E-state index in [1.165, 1.54) is 0 Å². The Kier molecular flexibility index (Phi) is 4.64. The molecule has 2 rings (SSSR count). The zero-order valence-electron chi connectivity index (χ0n) is 10.4. The first-order chi connectivity index (χ1) is 9.00. The van der Waals surface area contributed by atoms with Crippen LogP contribution in [0.4, 0.5) is 18.3 Å². The molecule has 1 aromatic rings. The van der Waals surface area contributed by atoms with Crippen LogP contribution in [0.15, 0.2) is 6.20 Å². The Bertz CT molecular complexity index is 410. The highest BCUT2D eigenvalue weighted by Gasteiger charge is 2.34. The fraction of sp³-hybridized carbons (Fsp3) is 0.727. The molecule has 0 aromatic carbocycles. The molecule has 1 aliphatic rings. The highest BCUT2D eigenvalue weighted by molar-refractivity contribution is 7.15. The van der Waals surface area contributed by atoms with Gasteiger partial charge in [-0.25, -0.2) is 4.98 Å². The van der Waals surface area contributed by atoms with Crippen molar-refractivity contribution in [3.63, 3.8) is 0 Å². The lowest BCUT2D eigenvalue weighted by Gasteiger charge is -2.20. The van der Waals surface area contributed by atoms with Crippen molar-refractivity contribution in [3.05, 3.63) is 11.1 Å². The molecule has 0 aliphatic carbocycles.